The van der Waals surface area contributed by atoms with Crippen LogP contribution in [0.5, 0.6) is 5.75 Å². The SMILES string of the molecule is COc1c(Cl)cc(Cl)cc1/C(O)=C1\C(=O)C(=O)N(c2ccc(C)cc2C)C1c1ccncc1. The Morgan fingerprint density at radius 1 is 1.06 bits per heavy atom. The second-order valence-electron chi connectivity index (χ2n) is 7.71. The maximum Gasteiger partial charge on any atom is 0.300 e. The number of carbonyl (C=O) groups is 2. The van der Waals surface area contributed by atoms with Gasteiger partial charge < -0.3 is 9.84 Å². The number of aryl methyl sites for hydroxylation is 2. The topological polar surface area (TPSA) is 79.7 Å². The summed E-state index contributed by atoms with van der Waals surface area (Å²) in [4.78, 5) is 32.0. The summed E-state index contributed by atoms with van der Waals surface area (Å²) in [6.07, 6.45) is 3.13. The number of ketones is 1. The predicted molar refractivity (Wildman–Crippen MR) is 128 cm³/mol. The van der Waals surface area contributed by atoms with E-state index in [4.69, 9.17) is 27.9 Å². The molecule has 0 saturated carbocycles. The van der Waals surface area contributed by atoms with Crippen molar-refractivity contribution in [3.8, 4) is 5.75 Å². The van der Waals surface area contributed by atoms with Gasteiger partial charge in [0.15, 0.2) is 0 Å². The molecular formula is C25H20Cl2N2O4. The van der Waals surface area contributed by atoms with Crippen LogP contribution in [0.3, 0.4) is 0 Å². The maximum atomic E-state index is 13.3. The molecule has 1 fully saturated rings. The highest BCUT2D eigenvalue weighted by Crippen LogP contribution is 2.45. The molecule has 2 aromatic carbocycles. The van der Waals surface area contributed by atoms with Crippen molar-refractivity contribution in [2.24, 2.45) is 0 Å². The molecule has 0 radical (unpaired) electrons. The quantitative estimate of drug-likeness (QED) is 0.295. The van der Waals surface area contributed by atoms with E-state index >= 15 is 0 Å². The first-order chi connectivity index (χ1) is 15.7. The van der Waals surface area contributed by atoms with Crippen LogP contribution in [0.1, 0.15) is 28.3 Å². The third kappa shape index (κ3) is 3.96. The summed E-state index contributed by atoms with van der Waals surface area (Å²) in [5, 5.41) is 11.8. The van der Waals surface area contributed by atoms with Crippen LogP contribution in [-0.4, -0.2) is 28.9 Å². The third-order valence-corrected chi connectivity index (χ3v) is 6.04. The smallest absolute Gasteiger partial charge is 0.300 e. The predicted octanol–water partition coefficient (Wildman–Crippen LogP) is 5.64. The molecule has 4 rings (SSSR count). The van der Waals surface area contributed by atoms with Gasteiger partial charge in [0.25, 0.3) is 11.7 Å². The molecule has 1 aromatic heterocycles. The van der Waals surface area contributed by atoms with Crippen LogP contribution in [0.2, 0.25) is 10.0 Å². The zero-order valence-electron chi connectivity index (χ0n) is 18.1. The summed E-state index contributed by atoms with van der Waals surface area (Å²) in [7, 11) is 1.39. The molecule has 1 N–H and O–H groups in total. The number of anilines is 1. The molecular weight excluding hydrogens is 463 g/mol. The summed E-state index contributed by atoms with van der Waals surface area (Å²) in [6.45, 7) is 3.81. The van der Waals surface area contributed by atoms with Gasteiger partial charge >= 0.3 is 0 Å². The number of ether oxygens (including phenoxy) is 1. The first-order valence-electron chi connectivity index (χ1n) is 10.1. The molecule has 1 amide bonds. The number of aliphatic hydroxyl groups excluding tert-OH is 1. The van der Waals surface area contributed by atoms with Crippen molar-refractivity contribution in [1.82, 2.24) is 4.98 Å². The molecule has 0 aliphatic carbocycles. The number of Topliss-reactive ketones (excluding diaryl/α,β-unsaturated/α-hetero) is 1. The minimum atomic E-state index is -0.892. The number of rotatable bonds is 4. The lowest BCUT2D eigenvalue weighted by molar-refractivity contribution is -0.132. The Labute approximate surface area is 201 Å². The number of benzene rings is 2. The van der Waals surface area contributed by atoms with Gasteiger partial charge in [-0.1, -0.05) is 40.9 Å². The fraction of sp³-hybridized carbons (Fsp3) is 0.160. The van der Waals surface area contributed by atoms with Crippen molar-refractivity contribution in [2.45, 2.75) is 19.9 Å². The monoisotopic (exact) mass is 482 g/mol. The van der Waals surface area contributed by atoms with Gasteiger partial charge in [0.05, 0.1) is 29.3 Å². The molecule has 0 bridgehead atoms. The highest BCUT2D eigenvalue weighted by molar-refractivity contribution is 6.52. The third-order valence-electron chi connectivity index (χ3n) is 5.55. The summed E-state index contributed by atoms with van der Waals surface area (Å²) in [6, 6.07) is 11.0. The van der Waals surface area contributed by atoms with E-state index in [1.807, 2.05) is 26.0 Å². The van der Waals surface area contributed by atoms with E-state index in [0.29, 0.717) is 11.3 Å². The molecule has 33 heavy (non-hydrogen) atoms. The minimum Gasteiger partial charge on any atom is -0.507 e. The number of hydrogen-bond acceptors (Lipinski definition) is 5. The van der Waals surface area contributed by atoms with Gasteiger partial charge in [0.2, 0.25) is 0 Å². The second kappa shape index (κ2) is 8.89. The Kier molecular flexibility index (Phi) is 6.15. The van der Waals surface area contributed by atoms with Crippen molar-refractivity contribution in [3.05, 3.63) is 92.7 Å². The summed E-state index contributed by atoms with van der Waals surface area (Å²) >= 11 is 12.4. The molecule has 1 saturated heterocycles. The molecule has 2 heterocycles. The van der Waals surface area contributed by atoms with Gasteiger partial charge in [0.1, 0.15) is 11.5 Å². The van der Waals surface area contributed by atoms with Crippen molar-refractivity contribution in [3.63, 3.8) is 0 Å². The Bertz CT molecular complexity index is 1310. The normalized spacial score (nSPS) is 17.5. The number of carbonyl (C=O) groups excluding carboxylic acids is 2. The lowest BCUT2D eigenvalue weighted by Crippen LogP contribution is -2.30. The van der Waals surface area contributed by atoms with Crippen molar-refractivity contribution in [2.75, 3.05) is 12.0 Å². The Morgan fingerprint density at radius 2 is 1.76 bits per heavy atom. The van der Waals surface area contributed by atoms with E-state index in [2.05, 4.69) is 4.98 Å². The Balaban J connectivity index is 2.02. The Hall–Kier alpha value is -3.35. The van der Waals surface area contributed by atoms with Gasteiger partial charge in [-0.15, -0.1) is 0 Å². The fourth-order valence-electron chi connectivity index (χ4n) is 4.11. The van der Waals surface area contributed by atoms with E-state index in [0.717, 1.165) is 11.1 Å². The van der Waals surface area contributed by atoms with Crippen molar-refractivity contribution in [1.29, 1.82) is 0 Å². The number of methoxy groups -OCH3 is 1. The highest BCUT2D eigenvalue weighted by atomic mass is 35.5. The van der Waals surface area contributed by atoms with E-state index in [1.54, 1.807) is 30.6 Å². The van der Waals surface area contributed by atoms with Crippen LogP contribution in [0.4, 0.5) is 5.69 Å². The van der Waals surface area contributed by atoms with Crippen molar-refractivity contribution >= 4 is 46.3 Å². The van der Waals surface area contributed by atoms with Crippen LogP contribution in [0.25, 0.3) is 5.76 Å². The van der Waals surface area contributed by atoms with Gasteiger partial charge in [-0.2, -0.15) is 0 Å². The molecule has 1 aliphatic rings. The van der Waals surface area contributed by atoms with Crippen molar-refractivity contribution < 1.29 is 19.4 Å². The number of nitrogens with zero attached hydrogens (tertiary/aromatic N) is 2. The van der Waals surface area contributed by atoms with Gasteiger partial charge in [-0.05, 0) is 55.3 Å². The molecule has 0 spiro atoms. The molecule has 3 aromatic rings. The second-order valence-corrected chi connectivity index (χ2v) is 8.55. The summed E-state index contributed by atoms with van der Waals surface area (Å²) in [5.74, 6) is -1.86. The standard InChI is InChI=1S/C25H20Cl2N2O4/c1-13-4-5-19(14(2)10-13)29-21(15-6-8-28-9-7-15)20(23(31)25(29)32)22(30)17-11-16(26)12-18(27)24(17)33-3/h4-12,21,30H,1-3H3/b22-20+. The number of halogens is 2. The van der Waals surface area contributed by atoms with Gasteiger partial charge in [-0.25, -0.2) is 0 Å². The van der Waals surface area contributed by atoms with Crippen LogP contribution in [-0.2, 0) is 9.59 Å². The molecule has 1 aliphatic heterocycles. The molecule has 168 valence electrons. The van der Waals surface area contributed by atoms with Crippen LogP contribution in [0, 0.1) is 13.8 Å². The number of aliphatic hydroxyl groups is 1. The minimum absolute atomic E-state index is 0.0946. The summed E-state index contributed by atoms with van der Waals surface area (Å²) in [5.41, 5.74) is 3.04. The van der Waals surface area contributed by atoms with Gasteiger partial charge in [0, 0.05) is 23.1 Å². The zero-order valence-corrected chi connectivity index (χ0v) is 19.6. The molecule has 1 atom stereocenters. The fourth-order valence-corrected chi connectivity index (χ4v) is 4.68. The molecule has 8 heteroatoms. The van der Waals surface area contributed by atoms with E-state index in [-0.39, 0.29) is 26.9 Å². The lowest BCUT2D eigenvalue weighted by atomic mass is 9.95. The largest absolute Gasteiger partial charge is 0.507 e. The van der Waals surface area contributed by atoms with E-state index in [9.17, 15) is 14.7 Å². The summed E-state index contributed by atoms with van der Waals surface area (Å²) < 4.78 is 5.35. The zero-order chi connectivity index (χ0) is 23.9. The number of pyridine rings is 1. The van der Waals surface area contributed by atoms with E-state index in [1.165, 1.54) is 24.1 Å². The van der Waals surface area contributed by atoms with Crippen LogP contribution < -0.4 is 9.64 Å². The Morgan fingerprint density at radius 3 is 2.39 bits per heavy atom. The number of hydrogen-bond donors (Lipinski definition) is 1. The lowest BCUT2D eigenvalue weighted by Gasteiger charge is -2.27. The number of amides is 1. The van der Waals surface area contributed by atoms with Gasteiger partial charge in [-0.3, -0.25) is 19.5 Å². The average molecular weight is 483 g/mol. The first-order valence-corrected chi connectivity index (χ1v) is 10.8. The van der Waals surface area contributed by atoms with Crippen LogP contribution >= 0.6 is 23.2 Å². The van der Waals surface area contributed by atoms with Crippen LogP contribution in [0.15, 0.2) is 60.4 Å². The molecule has 6 nitrogen and oxygen atoms in total. The van der Waals surface area contributed by atoms with E-state index < -0.39 is 23.5 Å². The highest BCUT2D eigenvalue weighted by Gasteiger charge is 2.47. The maximum absolute atomic E-state index is 13.3. The number of aromatic nitrogens is 1. The first kappa shape index (κ1) is 22.8. The average Bonchev–Trinajstić information content (AvgIpc) is 3.04. The molecule has 1 unspecified atom stereocenters.